The van der Waals surface area contributed by atoms with Crippen molar-refractivity contribution in [1.29, 1.82) is 0 Å². The minimum Gasteiger partial charge on any atom is -0.396 e. The van der Waals surface area contributed by atoms with Crippen molar-refractivity contribution in [2.24, 2.45) is 5.92 Å². The summed E-state index contributed by atoms with van der Waals surface area (Å²) in [6.45, 7) is 6.71. The third-order valence-corrected chi connectivity index (χ3v) is 2.64. The van der Waals surface area contributed by atoms with Crippen molar-refractivity contribution in [1.82, 2.24) is 5.32 Å². The average Bonchev–Trinajstić information content (AvgIpc) is 2.33. The molecular weight excluding hydrogens is 218 g/mol. The number of nitrogens with one attached hydrogen (secondary N) is 1. The van der Waals surface area contributed by atoms with Crippen LogP contribution < -0.4 is 5.32 Å². The van der Waals surface area contributed by atoms with Gasteiger partial charge >= 0.3 is 0 Å². The second-order valence-corrected chi connectivity index (χ2v) is 4.74. The summed E-state index contributed by atoms with van der Waals surface area (Å²) in [5.41, 5.74) is 0. The largest absolute Gasteiger partial charge is 0.396 e. The molecule has 0 radical (unpaired) electrons. The molecule has 4 heteroatoms. The molecule has 0 fully saturated rings. The number of aliphatic hydroxyl groups is 2. The molecule has 0 spiro atoms. The lowest BCUT2D eigenvalue weighted by atomic mass is 10.2. The summed E-state index contributed by atoms with van der Waals surface area (Å²) in [5, 5.41) is 21.5. The van der Waals surface area contributed by atoms with Gasteiger partial charge in [-0.05, 0) is 18.9 Å². The Labute approximate surface area is 105 Å². The monoisotopic (exact) mass is 247 g/mol. The maximum absolute atomic E-state index is 9.59. The number of rotatable bonds is 12. The predicted octanol–water partition coefficient (Wildman–Crippen LogP) is 1.16. The fourth-order valence-corrected chi connectivity index (χ4v) is 1.47. The van der Waals surface area contributed by atoms with Crippen molar-refractivity contribution in [3.8, 4) is 0 Å². The maximum Gasteiger partial charge on any atom is 0.0897 e. The second-order valence-electron chi connectivity index (χ2n) is 4.74. The highest BCUT2D eigenvalue weighted by molar-refractivity contribution is 4.61. The van der Waals surface area contributed by atoms with Crippen LogP contribution in [0, 0.1) is 5.92 Å². The maximum atomic E-state index is 9.59. The summed E-state index contributed by atoms with van der Waals surface area (Å²) in [6.07, 6.45) is 4.32. The van der Waals surface area contributed by atoms with Gasteiger partial charge in [0.2, 0.25) is 0 Å². The molecule has 0 aromatic carbocycles. The van der Waals surface area contributed by atoms with Crippen molar-refractivity contribution in [2.75, 3.05) is 32.9 Å². The first kappa shape index (κ1) is 16.8. The molecule has 0 saturated carbocycles. The van der Waals surface area contributed by atoms with E-state index in [2.05, 4.69) is 12.2 Å². The molecule has 2 unspecified atom stereocenters. The van der Waals surface area contributed by atoms with E-state index in [-0.39, 0.29) is 12.5 Å². The normalized spacial score (nSPS) is 14.8. The van der Waals surface area contributed by atoms with E-state index in [0.29, 0.717) is 13.2 Å². The molecule has 0 aliphatic carbocycles. The van der Waals surface area contributed by atoms with Crippen LogP contribution in [0.2, 0.25) is 0 Å². The standard InChI is InChI=1S/C13H29NO3/c1-3-4-5-6-7-17-11-13(16)9-14-8-12(2)10-15/h12-16H,3-11H2,1-2H3. The molecule has 0 saturated heterocycles. The Morgan fingerprint density at radius 3 is 2.59 bits per heavy atom. The highest BCUT2D eigenvalue weighted by Crippen LogP contribution is 1.99. The predicted molar refractivity (Wildman–Crippen MR) is 70.1 cm³/mol. The Morgan fingerprint density at radius 2 is 1.94 bits per heavy atom. The zero-order valence-electron chi connectivity index (χ0n) is 11.3. The molecule has 0 bridgehead atoms. The summed E-state index contributed by atoms with van der Waals surface area (Å²) >= 11 is 0. The van der Waals surface area contributed by atoms with Crippen LogP contribution in [0.3, 0.4) is 0 Å². The molecule has 0 heterocycles. The first-order chi connectivity index (χ1) is 8.20. The zero-order valence-corrected chi connectivity index (χ0v) is 11.3. The van der Waals surface area contributed by atoms with Crippen LogP contribution in [-0.4, -0.2) is 49.2 Å². The third kappa shape index (κ3) is 12.1. The van der Waals surface area contributed by atoms with Gasteiger partial charge in [-0.15, -0.1) is 0 Å². The summed E-state index contributed by atoms with van der Waals surface area (Å²) in [4.78, 5) is 0. The lowest BCUT2D eigenvalue weighted by Crippen LogP contribution is -2.33. The van der Waals surface area contributed by atoms with Crippen molar-refractivity contribution in [3.63, 3.8) is 0 Å². The van der Waals surface area contributed by atoms with Crippen molar-refractivity contribution in [2.45, 2.75) is 45.6 Å². The number of unbranched alkanes of at least 4 members (excludes halogenated alkanes) is 3. The minimum absolute atomic E-state index is 0.178. The molecule has 0 aliphatic rings. The fourth-order valence-electron chi connectivity index (χ4n) is 1.47. The molecule has 0 aromatic rings. The lowest BCUT2D eigenvalue weighted by molar-refractivity contribution is 0.0348. The van der Waals surface area contributed by atoms with E-state index in [1.165, 1.54) is 19.3 Å². The van der Waals surface area contributed by atoms with Crippen LogP contribution in [0.15, 0.2) is 0 Å². The number of hydrogen-bond donors (Lipinski definition) is 3. The summed E-state index contributed by atoms with van der Waals surface area (Å²) < 4.78 is 5.39. The number of ether oxygens (including phenoxy) is 1. The van der Waals surface area contributed by atoms with Crippen LogP contribution in [0.1, 0.15) is 39.5 Å². The topological polar surface area (TPSA) is 61.7 Å². The fraction of sp³-hybridized carbons (Fsp3) is 1.00. The van der Waals surface area contributed by atoms with Gasteiger partial charge in [0, 0.05) is 19.8 Å². The Hall–Kier alpha value is -0.160. The summed E-state index contributed by atoms with van der Waals surface area (Å²) in [6, 6.07) is 0. The molecule has 3 N–H and O–H groups in total. The van der Waals surface area contributed by atoms with E-state index in [9.17, 15) is 5.11 Å². The Bertz CT molecular complexity index is 156. The highest BCUT2D eigenvalue weighted by Gasteiger charge is 2.05. The molecule has 17 heavy (non-hydrogen) atoms. The van der Waals surface area contributed by atoms with Crippen molar-refractivity contribution in [3.05, 3.63) is 0 Å². The Balaban J connectivity index is 3.20. The smallest absolute Gasteiger partial charge is 0.0897 e. The Morgan fingerprint density at radius 1 is 1.18 bits per heavy atom. The highest BCUT2D eigenvalue weighted by atomic mass is 16.5. The van der Waals surface area contributed by atoms with E-state index in [4.69, 9.17) is 9.84 Å². The minimum atomic E-state index is -0.452. The van der Waals surface area contributed by atoms with Gasteiger partial charge in [0.25, 0.3) is 0 Å². The third-order valence-electron chi connectivity index (χ3n) is 2.64. The quantitative estimate of drug-likeness (QED) is 0.453. The van der Waals surface area contributed by atoms with E-state index >= 15 is 0 Å². The van der Waals surface area contributed by atoms with Gasteiger partial charge in [-0.3, -0.25) is 0 Å². The molecule has 0 amide bonds. The van der Waals surface area contributed by atoms with E-state index in [0.717, 1.165) is 19.6 Å². The molecule has 0 aromatic heterocycles. The number of hydrogen-bond acceptors (Lipinski definition) is 4. The van der Waals surface area contributed by atoms with Crippen LogP contribution in [0.4, 0.5) is 0 Å². The van der Waals surface area contributed by atoms with E-state index in [1.807, 2.05) is 6.92 Å². The van der Waals surface area contributed by atoms with Gasteiger partial charge in [-0.1, -0.05) is 33.1 Å². The SMILES string of the molecule is CCCCCCOCC(O)CNCC(C)CO. The molecule has 104 valence electrons. The van der Waals surface area contributed by atoms with Crippen LogP contribution >= 0.6 is 0 Å². The van der Waals surface area contributed by atoms with Gasteiger partial charge in [0.15, 0.2) is 0 Å². The van der Waals surface area contributed by atoms with Gasteiger partial charge in [0.05, 0.1) is 12.7 Å². The first-order valence-corrected chi connectivity index (χ1v) is 6.78. The van der Waals surface area contributed by atoms with Gasteiger partial charge in [-0.2, -0.15) is 0 Å². The van der Waals surface area contributed by atoms with Gasteiger partial charge in [0.1, 0.15) is 0 Å². The van der Waals surface area contributed by atoms with Crippen LogP contribution in [0.5, 0.6) is 0 Å². The number of aliphatic hydroxyl groups excluding tert-OH is 2. The molecule has 0 aliphatic heterocycles. The van der Waals surface area contributed by atoms with Crippen molar-refractivity contribution < 1.29 is 14.9 Å². The van der Waals surface area contributed by atoms with E-state index < -0.39 is 6.10 Å². The van der Waals surface area contributed by atoms with E-state index in [1.54, 1.807) is 0 Å². The summed E-state index contributed by atoms with van der Waals surface area (Å²) in [7, 11) is 0. The first-order valence-electron chi connectivity index (χ1n) is 6.78. The van der Waals surface area contributed by atoms with Gasteiger partial charge < -0.3 is 20.3 Å². The summed E-state index contributed by atoms with van der Waals surface area (Å²) in [5.74, 6) is 0.233. The van der Waals surface area contributed by atoms with Crippen molar-refractivity contribution >= 4 is 0 Å². The average molecular weight is 247 g/mol. The van der Waals surface area contributed by atoms with Crippen LogP contribution in [-0.2, 0) is 4.74 Å². The molecular formula is C13H29NO3. The Kier molecular flexibility index (Phi) is 12.2. The van der Waals surface area contributed by atoms with Crippen LogP contribution in [0.25, 0.3) is 0 Å². The molecule has 2 atom stereocenters. The molecule has 4 nitrogen and oxygen atoms in total. The zero-order chi connectivity index (χ0) is 12.9. The van der Waals surface area contributed by atoms with Gasteiger partial charge in [-0.25, -0.2) is 0 Å². The molecule has 0 rings (SSSR count). The lowest BCUT2D eigenvalue weighted by Gasteiger charge is -2.14. The second kappa shape index (κ2) is 12.3.